The van der Waals surface area contributed by atoms with Gasteiger partial charge in [0.1, 0.15) is 0 Å². The number of unbranched alkanes of at least 4 members (excludes halogenated alkanes) is 1. The third-order valence-electron chi connectivity index (χ3n) is 1.38. The van der Waals surface area contributed by atoms with Gasteiger partial charge in [-0.1, -0.05) is 29.8 Å². The average molecular weight is 222 g/mol. The molecule has 0 bridgehead atoms. The number of hydrogen-bond donors (Lipinski definition) is 1. The van der Waals surface area contributed by atoms with Crippen LogP contribution in [-0.2, 0) is 4.79 Å². The van der Waals surface area contributed by atoms with Crippen LogP contribution in [0.1, 0.15) is 26.7 Å². The van der Waals surface area contributed by atoms with Crippen LogP contribution in [0, 0.1) is 5.92 Å². The quantitative estimate of drug-likeness (QED) is 0.559. The van der Waals surface area contributed by atoms with Crippen molar-refractivity contribution in [1.82, 2.24) is 5.32 Å². The summed E-state index contributed by atoms with van der Waals surface area (Å²) in [6, 6.07) is 0. The number of nitrogens with one attached hydrogen (secondary N) is 1. The zero-order chi connectivity index (χ0) is 8.69. The van der Waals surface area contributed by atoms with Gasteiger partial charge >= 0.3 is 0 Å². The largest absolute Gasteiger partial charge is 0.356 e. The van der Waals surface area contributed by atoms with E-state index >= 15 is 0 Å². The van der Waals surface area contributed by atoms with Gasteiger partial charge in [0.2, 0.25) is 5.91 Å². The molecule has 0 aromatic carbocycles. The minimum absolute atomic E-state index is 0.110. The molecule has 0 unspecified atom stereocenters. The van der Waals surface area contributed by atoms with Crippen molar-refractivity contribution < 1.29 is 4.79 Å². The van der Waals surface area contributed by atoms with Gasteiger partial charge in [0.25, 0.3) is 0 Å². The molecule has 0 radical (unpaired) electrons. The van der Waals surface area contributed by atoms with E-state index in [1.165, 1.54) is 0 Å². The number of amides is 1. The lowest BCUT2D eigenvalue weighted by atomic mass is 10.2. The van der Waals surface area contributed by atoms with E-state index in [9.17, 15) is 4.79 Å². The minimum Gasteiger partial charge on any atom is -0.356 e. The summed E-state index contributed by atoms with van der Waals surface area (Å²) >= 11 is 3.33. The molecule has 0 aromatic rings. The van der Waals surface area contributed by atoms with E-state index in [2.05, 4.69) is 21.2 Å². The molecular formula is C8H16BrNO. The first-order valence-electron chi connectivity index (χ1n) is 4.02. The van der Waals surface area contributed by atoms with E-state index in [-0.39, 0.29) is 11.8 Å². The molecule has 1 amide bonds. The van der Waals surface area contributed by atoms with Gasteiger partial charge in [0, 0.05) is 17.8 Å². The molecule has 0 aromatic heterocycles. The van der Waals surface area contributed by atoms with Crippen molar-refractivity contribution in [2.24, 2.45) is 5.92 Å². The highest BCUT2D eigenvalue weighted by molar-refractivity contribution is 9.09. The van der Waals surface area contributed by atoms with Crippen LogP contribution in [0.5, 0.6) is 0 Å². The third kappa shape index (κ3) is 6.35. The number of carbonyl (C=O) groups is 1. The van der Waals surface area contributed by atoms with E-state index in [1.807, 2.05) is 13.8 Å². The molecular weight excluding hydrogens is 206 g/mol. The van der Waals surface area contributed by atoms with Crippen LogP contribution < -0.4 is 5.32 Å². The summed E-state index contributed by atoms with van der Waals surface area (Å²) in [5, 5.41) is 3.88. The third-order valence-corrected chi connectivity index (χ3v) is 1.94. The monoisotopic (exact) mass is 221 g/mol. The predicted octanol–water partition coefficient (Wildman–Crippen LogP) is 1.93. The Bertz CT molecular complexity index is 115. The molecule has 1 N–H and O–H groups in total. The fourth-order valence-corrected chi connectivity index (χ4v) is 1.03. The number of hydrogen-bond acceptors (Lipinski definition) is 1. The summed E-state index contributed by atoms with van der Waals surface area (Å²) in [4.78, 5) is 11.0. The second kappa shape index (κ2) is 6.65. The van der Waals surface area contributed by atoms with Crippen molar-refractivity contribution in [3.63, 3.8) is 0 Å². The van der Waals surface area contributed by atoms with E-state index in [4.69, 9.17) is 0 Å². The molecule has 0 aliphatic rings. The fraction of sp³-hybridized carbons (Fsp3) is 0.875. The van der Waals surface area contributed by atoms with Crippen molar-refractivity contribution in [3.05, 3.63) is 0 Å². The van der Waals surface area contributed by atoms with Crippen molar-refractivity contribution in [1.29, 1.82) is 0 Å². The Labute approximate surface area is 76.9 Å². The highest BCUT2D eigenvalue weighted by atomic mass is 79.9. The van der Waals surface area contributed by atoms with Crippen LogP contribution in [0.4, 0.5) is 0 Å². The standard InChI is InChI=1S/C8H16BrNO/c1-7(2)8(11)10-6-4-3-5-9/h7H,3-6H2,1-2H3,(H,10,11). The molecule has 0 saturated carbocycles. The average Bonchev–Trinajstić information content (AvgIpc) is 1.97. The topological polar surface area (TPSA) is 29.1 Å². The van der Waals surface area contributed by atoms with Crippen LogP contribution >= 0.6 is 15.9 Å². The summed E-state index contributed by atoms with van der Waals surface area (Å²) in [5.41, 5.74) is 0. The predicted molar refractivity (Wildman–Crippen MR) is 50.9 cm³/mol. The second-order valence-corrected chi connectivity index (χ2v) is 3.63. The molecule has 3 heteroatoms. The van der Waals surface area contributed by atoms with Crippen LogP contribution in [-0.4, -0.2) is 17.8 Å². The summed E-state index contributed by atoms with van der Waals surface area (Å²) in [6.07, 6.45) is 2.18. The maximum absolute atomic E-state index is 11.0. The van der Waals surface area contributed by atoms with Crippen molar-refractivity contribution >= 4 is 21.8 Å². The zero-order valence-corrected chi connectivity index (χ0v) is 8.78. The molecule has 0 atom stereocenters. The lowest BCUT2D eigenvalue weighted by Crippen LogP contribution is -2.28. The van der Waals surface area contributed by atoms with E-state index in [0.717, 1.165) is 24.7 Å². The smallest absolute Gasteiger partial charge is 0.222 e. The Hall–Kier alpha value is -0.0500. The molecule has 2 nitrogen and oxygen atoms in total. The number of halogens is 1. The molecule has 0 aliphatic heterocycles. The minimum atomic E-state index is 0.110. The van der Waals surface area contributed by atoms with Crippen LogP contribution in [0.25, 0.3) is 0 Å². The molecule has 0 heterocycles. The first kappa shape index (κ1) is 11.0. The molecule has 0 spiro atoms. The van der Waals surface area contributed by atoms with Gasteiger partial charge in [-0.2, -0.15) is 0 Å². The summed E-state index contributed by atoms with van der Waals surface area (Å²) in [6.45, 7) is 4.61. The highest BCUT2D eigenvalue weighted by Gasteiger charge is 2.03. The van der Waals surface area contributed by atoms with E-state index in [1.54, 1.807) is 0 Å². The Balaban J connectivity index is 3.18. The number of alkyl halides is 1. The molecule has 0 aliphatic carbocycles. The van der Waals surface area contributed by atoms with Gasteiger partial charge in [0.05, 0.1) is 0 Å². The maximum Gasteiger partial charge on any atom is 0.222 e. The lowest BCUT2D eigenvalue weighted by molar-refractivity contribution is -0.123. The van der Waals surface area contributed by atoms with Crippen molar-refractivity contribution in [2.45, 2.75) is 26.7 Å². The summed E-state index contributed by atoms with van der Waals surface area (Å²) in [7, 11) is 0. The van der Waals surface area contributed by atoms with E-state index < -0.39 is 0 Å². The molecule has 0 saturated heterocycles. The fourth-order valence-electron chi connectivity index (χ4n) is 0.635. The van der Waals surface area contributed by atoms with Gasteiger partial charge in [0.15, 0.2) is 0 Å². The second-order valence-electron chi connectivity index (χ2n) is 2.84. The van der Waals surface area contributed by atoms with Crippen molar-refractivity contribution in [3.8, 4) is 0 Å². The molecule has 66 valence electrons. The molecule has 0 fully saturated rings. The highest BCUT2D eigenvalue weighted by Crippen LogP contribution is 1.94. The summed E-state index contributed by atoms with van der Waals surface area (Å²) < 4.78 is 0. The van der Waals surface area contributed by atoms with Gasteiger partial charge < -0.3 is 5.32 Å². The molecule has 0 rings (SSSR count). The van der Waals surface area contributed by atoms with Crippen LogP contribution in [0.3, 0.4) is 0 Å². The van der Waals surface area contributed by atoms with Gasteiger partial charge in [-0.15, -0.1) is 0 Å². The van der Waals surface area contributed by atoms with Gasteiger partial charge in [-0.05, 0) is 12.8 Å². The lowest BCUT2D eigenvalue weighted by Gasteiger charge is -2.05. The molecule has 11 heavy (non-hydrogen) atoms. The van der Waals surface area contributed by atoms with Gasteiger partial charge in [-0.25, -0.2) is 0 Å². The number of carbonyl (C=O) groups excluding carboxylic acids is 1. The Morgan fingerprint density at radius 2 is 2.09 bits per heavy atom. The Morgan fingerprint density at radius 3 is 2.55 bits per heavy atom. The SMILES string of the molecule is CC(C)C(=O)NCCCCBr. The van der Waals surface area contributed by atoms with Crippen LogP contribution in [0.2, 0.25) is 0 Å². The maximum atomic E-state index is 11.0. The van der Waals surface area contributed by atoms with Crippen LogP contribution in [0.15, 0.2) is 0 Å². The van der Waals surface area contributed by atoms with E-state index in [0.29, 0.717) is 0 Å². The first-order valence-corrected chi connectivity index (χ1v) is 5.14. The Kier molecular flexibility index (Phi) is 6.62. The Morgan fingerprint density at radius 1 is 1.45 bits per heavy atom. The summed E-state index contributed by atoms with van der Waals surface area (Å²) in [5.74, 6) is 0.263. The normalized spacial score (nSPS) is 10.2. The zero-order valence-electron chi connectivity index (χ0n) is 7.19. The number of rotatable bonds is 5. The van der Waals surface area contributed by atoms with Crippen molar-refractivity contribution in [2.75, 3.05) is 11.9 Å². The van der Waals surface area contributed by atoms with Gasteiger partial charge in [-0.3, -0.25) is 4.79 Å². The first-order chi connectivity index (χ1) is 5.18.